The molecule has 0 aliphatic carbocycles. The van der Waals surface area contributed by atoms with Gasteiger partial charge in [-0.2, -0.15) is 0 Å². The highest BCUT2D eigenvalue weighted by atomic mass is 32.1. The van der Waals surface area contributed by atoms with Crippen LogP contribution in [0.25, 0.3) is 20.4 Å². The van der Waals surface area contributed by atoms with Gasteiger partial charge in [0.15, 0.2) is 0 Å². The highest BCUT2D eigenvalue weighted by molar-refractivity contribution is 7.17. The SMILES string of the molecule is COCC[C@@H]1CCCN1.c1cc(Nc2ccc3scnc3c2)c2ccsc2n1. The lowest BCUT2D eigenvalue weighted by atomic mass is 10.2. The molecule has 3 aromatic heterocycles. The molecule has 2 N–H and O–H groups in total. The molecule has 7 heteroatoms. The van der Waals surface area contributed by atoms with Gasteiger partial charge in [0.2, 0.25) is 0 Å². The van der Waals surface area contributed by atoms with E-state index in [0.29, 0.717) is 0 Å². The number of methoxy groups -OCH3 is 1. The second-order valence-electron chi connectivity index (χ2n) is 6.73. The van der Waals surface area contributed by atoms with Crippen LogP contribution in [0.1, 0.15) is 19.3 Å². The van der Waals surface area contributed by atoms with Crippen molar-refractivity contribution in [2.45, 2.75) is 25.3 Å². The smallest absolute Gasteiger partial charge is 0.125 e. The van der Waals surface area contributed by atoms with Gasteiger partial charge in [-0.25, -0.2) is 9.97 Å². The number of nitrogens with zero attached hydrogens (tertiary/aromatic N) is 2. The minimum Gasteiger partial charge on any atom is -0.385 e. The van der Waals surface area contributed by atoms with Crippen LogP contribution in [0.2, 0.25) is 0 Å². The van der Waals surface area contributed by atoms with Gasteiger partial charge in [-0.3, -0.25) is 0 Å². The van der Waals surface area contributed by atoms with Gasteiger partial charge < -0.3 is 15.4 Å². The molecule has 0 saturated carbocycles. The Kier molecular flexibility index (Phi) is 6.49. The fourth-order valence-electron chi connectivity index (χ4n) is 3.34. The van der Waals surface area contributed by atoms with Gasteiger partial charge >= 0.3 is 0 Å². The molecule has 1 aliphatic rings. The van der Waals surface area contributed by atoms with Crippen LogP contribution in [0.3, 0.4) is 0 Å². The van der Waals surface area contributed by atoms with Gasteiger partial charge in [-0.15, -0.1) is 22.7 Å². The molecule has 146 valence electrons. The van der Waals surface area contributed by atoms with Crippen molar-refractivity contribution in [3.8, 4) is 0 Å². The fraction of sp³-hybridized carbons (Fsp3) is 0.333. The van der Waals surface area contributed by atoms with E-state index in [1.807, 2.05) is 17.8 Å². The van der Waals surface area contributed by atoms with Crippen molar-refractivity contribution in [2.24, 2.45) is 0 Å². The van der Waals surface area contributed by atoms with Crippen LogP contribution in [0.15, 0.2) is 47.4 Å². The number of aromatic nitrogens is 2. The summed E-state index contributed by atoms with van der Waals surface area (Å²) >= 11 is 3.31. The number of ether oxygens (including phenoxy) is 1. The molecule has 5 rings (SSSR count). The lowest BCUT2D eigenvalue weighted by molar-refractivity contribution is 0.185. The van der Waals surface area contributed by atoms with Crippen LogP contribution in [0.5, 0.6) is 0 Å². The number of hydrogen-bond acceptors (Lipinski definition) is 7. The number of anilines is 2. The van der Waals surface area contributed by atoms with Crippen LogP contribution in [-0.2, 0) is 4.74 Å². The molecule has 1 saturated heterocycles. The Morgan fingerprint density at radius 1 is 1.21 bits per heavy atom. The maximum absolute atomic E-state index is 4.96. The maximum atomic E-state index is 4.96. The largest absolute Gasteiger partial charge is 0.385 e. The van der Waals surface area contributed by atoms with E-state index in [-0.39, 0.29) is 0 Å². The van der Waals surface area contributed by atoms with Crippen LogP contribution >= 0.6 is 22.7 Å². The summed E-state index contributed by atoms with van der Waals surface area (Å²) in [5, 5.41) is 10.1. The minimum absolute atomic E-state index is 0.741. The molecule has 1 aromatic carbocycles. The molecule has 0 bridgehead atoms. The predicted octanol–water partition coefficient (Wildman–Crippen LogP) is 5.42. The molecule has 1 atom stereocenters. The number of rotatable bonds is 5. The molecule has 0 unspecified atom stereocenters. The second kappa shape index (κ2) is 9.43. The van der Waals surface area contributed by atoms with Gasteiger partial charge in [0.05, 0.1) is 21.4 Å². The second-order valence-corrected chi connectivity index (χ2v) is 8.51. The summed E-state index contributed by atoms with van der Waals surface area (Å²) in [6.45, 7) is 2.10. The maximum Gasteiger partial charge on any atom is 0.125 e. The van der Waals surface area contributed by atoms with Gasteiger partial charge in [0.1, 0.15) is 4.83 Å². The van der Waals surface area contributed by atoms with E-state index in [1.54, 1.807) is 29.8 Å². The van der Waals surface area contributed by atoms with Crippen LogP contribution in [-0.4, -0.2) is 36.3 Å². The Labute approximate surface area is 172 Å². The van der Waals surface area contributed by atoms with Crippen molar-refractivity contribution in [2.75, 3.05) is 25.6 Å². The Balaban J connectivity index is 0.000000181. The minimum atomic E-state index is 0.741. The van der Waals surface area contributed by atoms with Crippen molar-refractivity contribution in [3.05, 3.63) is 47.4 Å². The summed E-state index contributed by atoms with van der Waals surface area (Å²) in [7, 11) is 1.76. The molecular weight excluding hydrogens is 388 g/mol. The van der Waals surface area contributed by atoms with E-state index >= 15 is 0 Å². The number of nitrogens with one attached hydrogen (secondary N) is 2. The lowest BCUT2D eigenvalue weighted by Gasteiger charge is -2.07. The van der Waals surface area contributed by atoms with E-state index in [2.05, 4.69) is 50.2 Å². The summed E-state index contributed by atoms with van der Waals surface area (Å²) in [5.41, 5.74) is 5.04. The first kappa shape index (κ1) is 19.3. The van der Waals surface area contributed by atoms with E-state index in [1.165, 1.54) is 30.5 Å². The van der Waals surface area contributed by atoms with Gasteiger partial charge in [-0.05, 0) is 61.5 Å². The lowest BCUT2D eigenvalue weighted by Crippen LogP contribution is -2.22. The zero-order valence-corrected chi connectivity index (χ0v) is 17.5. The molecule has 4 heterocycles. The Bertz CT molecular complexity index is 1020. The number of benzene rings is 1. The quantitative estimate of drug-likeness (QED) is 0.458. The summed E-state index contributed by atoms with van der Waals surface area (Å²) in [6.07, 6.45) is 5.69. The Morgan fingerprint density at radius 3 is 3.04 bits per heavy atom. The fourth-order valence-corrected chi connectivity index (χ4v) is 4.76. The molecule has 1 fully saturated rings. The normalized spacial score (nSPS) is 16.2. The molecule has 1 aliphatic heterocycles. The van der Waals surface area contributed by atoms with E-state index in [9.17, 15) is 0 Å². The molecule has 28 heavy (non-hydrogen) atoms. The van der Waals surface area contributed by atoms with Crippen LogP contribution in [0.4, 0.5) is 11.4 Å². The monoisotopic (exact) mass is 412 g/mol. The number of hydrogen-bond donors (Lipinski definition) is 2. The van der Waals surface area contributed by atoms with Crippen molar-refractivity contribution in [1.82, 2.24) is 15.3 Å². The molecular formula is C21H24N4OS2. The first-order chi connectivity index (χ1) is 13.8. The van der Waals surface area contributed by atoms with Crippen molar-refractivity contribution < 1.29 is 4.74 Å². The summed E-state index contributed by atoms with van der Waals surface area (Å²) in [4.78, 5) is 9.75. The molecule has 5 nitrogen and oxygen atoms in total. The molecule has 4 aromatic rings. The first-order valence-corrected chi connectivity index (χ1v) is 11.2. The average molecular weight is 413 g/mol. The van der Waals surface area contributed by atoms with E-state index in [4.69, 9.17) is 4.74 Å². The summed E-state index contributed by atoms with van der Waals surface area (Å²) in [6, 6.07) is 11.1. The summed E-state index contributed by atoms with van der Waals surface area (Å²) in [5.74, 6) is 0. The third-order valence-corrected chi connectivity index (χ3v) is 6.44. The standard InChI is InChI=1S/C14H9N3S2.C7H15NO/c1-2-13-12(16-8-19-13)7-9(1)17-11-3-5-15-14-10(11)4-6-18-14;1-9-6-4-7-3-2-5-8-7/h1-8H,(H,15,17);7-8H,2-6H2,1H3/t;7-/m.0/s1. The van der Waals surface area contributed by atoms with E-state index in [0.717, 1.165) is 39.8 Å². The van der Waals surface area contributed by atoms with Gasteiger partial charge in [0.25, 0.3) is 0 Å². The highest BCUT2D eigenvalue weighted by Crippen LogP contribution is 2.29. The van der Waals surface area contributed by atoms with Crippen molar-refractivity contribution >= 4 is 54.5 Å². The zero-order chi connectivity index (χ0) is 19.2. The van der Waals surface area contributed by atoms with Gasteiger partial charge in [0, 0.05) is 37.0 Å². The number of fused-ring (bicyclic) bond motifs is 2. The first-order valence-electron chi connectivity index (χ1n) is 9.48. The summed E-state index contributed by atoms with van der Waals surface area (Å²) < 4.78 is 6.17. The van der Waals surface area contributed by atoms with Crippen LogP contribution < -0.4 is 10.6 Å². The van der Waals surface area contributed by atoms with Gasteiger partial charge in [-0.1, -0.05) is 0 Å². The van der Waals surface area contributed by atoms with Crippen molar-refractivity contribution in [3.63, 3.8) is 0 Å². The third kappa shape index (κ3) is 4.67. The van der Waals surface area contributed by atoms with Crippen molar-refractivity contribution in [1.29, 1.82) is 0 Å². The molecule has 0 amide bonds. The number of thiophene rings is 1. The topological polar surface area (TPSA) is 59.1 Å². The molecule has 0 radical (unpaired) electrons. The third-order valence-electron chi connectivity index (χ3n) is 4.81. The highest BCUT2D eigenvalue weighted by Gasteiger charge is 2.12. The Hall–Kier alpha value is -2.06. The predicted molar refractivity (Wildman–Crippen MR) is 120 cm³/mol. The number of thiazole rings is 1. The molecule has 0 spiro atoms. The van der Waals surface area contributed by atoms with Crippen LogP contribution in [0, 0.1) is 0 Å². The van der Waals surface area contributed by atoms with E-state index < -0.39 is 0 Å². The number of pyridine rings is 1. The average Bonchev–Trinajstić information content (AvgIpc) is 3.47. The Morgan fingerprint density at radius 2 is 2.18 bits per heavy atom. The zero-order valence-electron chi connectivity index (χ0n) is 15.9.